The van der Waals surface area contributed by atoms with Crippen LogP contribution in [-0.4, -0.2) is 5.16 Å². The molecule has 0 aliphatic rings. The zero-order chi connectivity index (χ0) is 10.8. The fourth-order valence-corrected chi connectivity index (χ4v) is 1.35. The van der Waals surface area contributed by atoms with Gasteiger partial charge in [-0.3, -0.25) is 0 Å². The van der Waals surface area contributed by atoms with E-state index in [1.54, 1.807) is 25.1 Å². The maximum atomic E-state index is 5.94. The van der Waals surface area contributed by atoms with Crippen LogP contribution >= 0.6 is 23.2 Å². The van der Waals surface area contributed by atoms with Gasteiger partial charge in [-0.1, -0.05) is 34.4 Å². The van der Waals surface area contributed by atoms with Crippen molar-refractivity contribution in [3.63, 3.8) is 0 Å². The van der Waals surface area contributed by atoms with Gasteiger partial charge < -0.3 is 9.26 Å². The summed E-state index contributed by atoms with van der Waals surface area (Å²) in [6, 6.07) is 5.13. The Hall–Kier alpha value is -1.19. The number of benzene rings is 1. The Morgan fingerprint density at radius 3 is 2.87 bits per heavy atom. The Bertz CT molecular complexity index is 482. The van der Waals surface area contributed by atoms with Gasteiger partial charge in [-0.15, -0.1) is 0 Å². The van der Waals surface area contributed by atoms with Crippen molar-refractivity contribution in [3.8, 4) is 11.5 Å². The van der Waals surface area contributed by atoms with E-state index in [0.29, 0.717) is 27.3 Å². The molecule has 0 amide bonds. The van der Waals surface area contributed by atoms with Gasteiger partial charge in [0, 0.05) is 6.92 Å². The van der Waals surface area contributed by atoms with Crippen LogP contribution in [0.5, 0.6) is 11.5 Å². The summed E-state index contributed by atoms with van der Waals surface area (Å²) in [5.74, 6) is 1.39. The third-order valence-electron chi connectivity index (χ3n) is 1.78. The molecule has 0 fully saturated rings. The molecule has 1 radical (unpaired) electrons. The summed E-state index contributed by atoms with van der Waals surface area (Å²) in [6.07, 6.45) is 2.56. The van der Waals surface area contributed by atoms with Crippen molar-refractivity contribution in [2.75, 3.05) is 0 Å². The van der Waals surface area contributed by atoms with Crippen LogP contribution < -0.4 is 4.74 Å². The van der Waals surface area contributed by atoms with Crippen molar-refractivity contribution in [2.45, 2.75) is 6.92 Å². The van der Waals surface area contributed by atoms with Crippen molar-refractivity contribution < 1.29 is 9.26 Å². The number of halogens is 2. The number of aryl methyl sites for hydroxylation is 1. The predicted octanol–water partition coefficient (Wildman–Crippen LogP) is 3.88. The largest absolute Gasteiger partial charge is 0.450 e. The molecule has 0 bridgehead atoms. The molecule has 5 heteroatoms. The van der Waals surface area contributed by atoms with E-state index >= 15 is 0 Å². The van der Waals surface area contributed by atoms with E-state index in [4.69, 9.17) is 32.5 Å². The standard InChI is InChI=1S/C10H6Cl2NO2/c1-6-9(5-13-15-6)14-8-4-2-3-7(11)10(8)12/h2-4H,1H3. The Morgan fingerprint density at radius 1 is 1.40 bits per heavy atom. The van der Waals surface area contributed by atoms with E-state index in [0.717, 1.165) is 0 Å². The smallest absolute Gasteiger partial charge is 0.199 e. The van der Waals surface area contributed by atoms with E-state index in [2.05, 4.69) is 11.4 Å². The molecule has 77 valence electrons. The fraction of sp³-hybridized carbons (Fsp3) is 0.100. The second-order valence-electron chi connectivity index (χ2n) is 2.83. The third-order valence-corrected chi connectivity index (χ3v) is 2.58. The summed E-state index contributed by atoms with van der Waals surface area (Å²) in [5.41, 5.74) is 0. The summed E-state index contributed by atoms with van der Waals surface area (Å²) in [5, 5.41) is 4.26. The summed E-state index contributed by atoms with van der Waals surface area (Å²) in [7, 11) is 0. The number of aromatic nitrogens is 1. The number of hydrogen-bond acceptors (Lipinski definition) is 3. The van der Waals surface area contributed by atoms with Gasteiger partial charge in [0.05, 0.1) is 5.02 Å². The summed E-state index contributed by atoms with van der Waals surface area (Å²) >= 11 is 11.8. The normalized spacial score (nSPS) is 10.3. The van der Waals surface area contributed by atoms with Crippen LogP contribution in [0.1, 0.15) is 5.76 Å². The molecule has 0 unspecified atom stereocenters. The summed E-state index contributed by atoms with van der Waals surface area (Å²) in [4.78, 5) is 0. The van der Waals surface area contributed by atoms with Gasteiger partial charge in [-0.05, 0) is 12.1 Å². The van der Waals surface area contributed by atoms with Crippen LogP contribution in [-0.2, 0) is 0 Å². The molecule has 0 atom stereocenters. The van der Waals surface area contributed by atoms with Crippen molar-refractivity contribution >= 4 is 23.2 Å². The Labute approximate surface area is 96.5 Å². The molecule has 1 aromatic carbocycles. The van der Waals surface area contributed by atoms with Gasteiger partial charge in [0.15, 0.2) is 17.7 Å². The molecule has 1 heterocycles. The average molecular weight is 243 g/mol. The van der Waals surface area contributed by atoms with Crippen LogP contribution in [0.15, 0.2) is 22.7 Å². The van der Waals surface area contributed by atoms with E-state index in [1.807, 2.05) is 0 Å². The fourth-order valence-electron chi connectivity index (χ4n) is 1.02. The summed E-state index contributed by atoms with van der Waals surface area (Å²) in [6.45, 7) is 1.72. The quantitative estimate of drug-likeness (QED) is 0.802. The molecule has 0 saturated carbocycles. The number of nitrogens with zero attached hydrogens (tertiary/aromatic N) is 1. The highest BCUT2D eigenvalue weighted by Crippen LogP contribution is 2.35. The molecule has 1 aromatic heterocycles. The first-order valence-electron chi connectivity index (χ1n) is 4.14. The maximum absolute atomic E-state index is 5.94. The number of rotatable bonds is 2. The first-order chi connectivity index (χ1) is 7.18. The van der Waals surface area contributed by atoms with Gasteiger partial charge in [0.25, 0.3) is 0 Å². The van der Waals surface area contributed by atoms with E-state index in [9.17, 15) is 0 Å². The van der Waals surface area contributed by atoms with Crippen molar-refractivity contribution in [2.24, 2.45) is 0 Å². The predicted molar refractivity (Wildman–Crippen MR) is 56.6 cm³/mol. The molecule has 15 heavy (non-hydrogen) atoms. The molecule has 0 spiro atoms. The molecule has 0 saturated heterocycles. The first-order valence-corrected chi connectivity index (χ1v) is 4.90. The maximum Gasteiger partial charge on any atom is 0.199 e. The molecule has 0 aliphatic heterocycles. The van der Waals surface area contributed by atoms with Crippen molar-refractivity contribution in [1.29, 1.82) is 0 Å². The van der Waals surface area contributed by atoms with Gasteiger partial charge in [-0.2, -0.15) is 0 Å². The minimum atomic E-state index is 0.355. The second kappa shape index (κ2) is 4.13. The van der Waals surface area contributed by atoms with Crippen LogP contribution in [0.3, 0.4) is 0 Å². The number of hydrogen-bond donors (Lipinski definition) is 0. The monoisotopic (exact) mass is 242 g/mol. The van der Waals surface area contributed by atoms with Crippen LogP contribution in [0, 0.1) is 13.1 Å². The Kier molecular flexibility index (Phi) is 2.84. The lowest BCUT2D eigenvalue weighted by Gasteiger charge is -2.05. The van der Waals surface area contributed by atoms with E-state index in [1.165, 1.54) is 0 Å². The first kappa shape index (κ1) is 10.3. The zero-order valence-corrected chi connectivity index (χ0v) is 9.26. The number of ether oxygens (including phenoxy) is 1. The summed E-state index contributed by atoms with van der Waals surface area (Å²) < 4.78 is 10.2. The molecule has 2 aromatic rings. The van der Waals surface area contributed by atoms with E-state index in [-0.39, 0.29) is 0 Å². The highest BCUT2D eigenvalue weighted by atomic mass is 35.5. The Balaban J connectivity index is 2.33. The van der Waals surface area contributed by atoms with Crippen LogP contribution in [0.4, 0.5) is 0 Å². The molecule has 2 rings (SSSR count). The Morgan fingerprint density at radius 2 is 2.20 bits per heavy atom. The second-order valence-corrected chi connectivity index (χ2v) is 3.62. The topological polar surface area (TPSA) is 35.3 Å². The van der Waals surface area contributed by atoms with Gasteiger partial charge >= 0.3 is 0 Å². The minimum Gasteiger partial charge on any atom is -0.450 e. The van der Waals surface area contributed by atoms with Gasteiger partial charge in [0.1, 0.15) is 10.8 Å². The minimum absolute atomic E-state index is 0.355. The highest BCUT2D eigenvalue weighted by Gasteiger charge is 2.10. The average Bonchev–Trinajstić information content (AvgIpc) is 2.60. The lowest BCUT2D eigenvalue weighted by atomic mass is 10.3. The SMILES string of the molecule is Cc1on[c]c1Oc1cccc(Cl)c1Cl. The molecule has 3 nitrogen and oxygen atoms in total. The lowest BCUT2D eigenvalue weighted by molar-refractivity contribution is 0.385. The highest BCUT2D eigenvalue weighted by molar-refractivity contribution is 6.42. The van der Waals surface area contributed by atoms with Crippen molar-refractivity contribution in [3.05, 3.63) is 40.2 Å². The molecule has 0 N–H and O–H groups in total. The van der Waals surface area contributed by atoms with Crippen LogP contribution in [0.25, 0.3) is 0 Å². The zero-order valence-electron chi connectivity index (χ0n) is 7.75. The molecular formula is C10H6Cl2NO2. The van der Waals surface area contributed by atoms with Crippen molar-refractivity contribution in [1.82, 2.24) is 5.16 Å². The van der Waals surface area contributed by atoms with Gasteiger partial charge in [0.2, 0.25) is 0 Å². The lowest BCUT2D eigenvalue weighted by Crippen LogP contribution is -1.85. The molecule has 0 aliphatic carbocycles. The van der Waals surface area contributed by atoms with E-state index < -0.39 is 0 Å². The van der Waals surface area contributed by atoms with Crippen LogP contribution in [0.2, 0.25) is 10.0 Å². The molecular weight excluding hydrogens is 237 g/mol. The third kappa shape index (κ3) is 2.08. The van der Waals surface area contributed by atoms with Gasteiger partial charge in [-0.25, -0.2) is 0 Å².